The fourth-order valence-corrected chi connectivity index (χ4v) is 4.24. The molecule has 2 aromatic carbocycles. The molecule has 2 heterocycles. The number of anilines is 1. The lowest BCUT2D eigenvalue weighted by molar-refractivity contribution is 0.506. The second-order valence-corrected chi connectivity index (χ2v) is 9.98. The van der Waals surface area contributed by atoms with Crippen molar-refractivity contribution in [2.24, 2.45) is 5.10 Å². The Labute approximate surface area is 189 Å². The number of aryl methyl sites for hydroxylation is 1. The summed E-state index contributed by atoms with van der Waals surface area (Å²) in [5, 5.41) is 4.95. The van der Waals surface area contributed by atoms with Crippen LogP contribution in [0.2, 0.25) is 0 Å². The highest BCUT2D eigenvalue weighted by Crippen LogP contribution is 2.27. The average Bonchev–Trinajstić information content (AvgIpc) is 3.23. The number of benzene rings is 2. The molecule has 0 saturated carbocycles. The summed E-state index contributed by atoms with van der Waals surface area (Å²) in [5.74, 6) is 0.285. The molecule has 1 aromatic heterocycles. The van der Waals surface area contributed by atoms with Crippen molar-refractivity contribution in [3.63, 3.8) is 0 Å². The summed E-state index contributed by atoms with van der Waals surface area (Å²) < 4.78 is 17.0. The first-order valence-electron chi connectivity index (χ1n) is 10.5. The van der Waals surface area contributed by atoms with Crippen molar-refractivity contribution in [2.75, 3.05) is 18.0 Å². The van der Waals surface area contributed by atoms with Gasteiger partial charge < -0.3 is 4.90 Å². The van der Waals surface area contributed by atoms with Gasteiger partial charge in [0.2, 0.25) is 0 Å². The van der Waals surface area contributed by atoms with Crippen LogP contribution in [0.3, 0.4) is 0 Å². The van der Waals surface area contributed by atoms with Crippen LogP contribution in [0.15, 0.2) is 44.7 Å². The fraction of sp³-hybridized carbons (Fsp3) is 0.375. The zero-order valence-electron chi connectivity index (χ0n) is 18.2. The molecule has 0 atom stereocenters. The highest BCUT2D eigenvalue weighted by molar-refractivity contribution is 9.10. The Morgan fingerprint density at radius 3 is 2.55 bits per heavy atom. The molecule has 0 amide bonds. The van der Waals surface area contributed by atoms with Gasteiger partial charge >= 0.3 is 0 Å². The van der Waals surface area contributed by atoms with E-state index in [0.717, 1.165) is 36.0 Å². The minimum absolute atomic E-state index is 0.251. The van der Waals surface area contributed by atoms with Gasteiger partial charge in [-0.25, -0.2) is 9.37 Å². The lowest BCUT2D eigenvalue weighted by Crippen LogP contribution is -2.29. The van der Waals surface area contributed by atoms with Crippen molar-refractivity contribution < 1.29 is 4.39 Å². The van der Waals surface area contributed by atoms with Crippen molar-refractivity contribution in [1.82, 2.24) is 9.66 Å². The quantitative estimate of drug-likeness (QED) is 0.468. The Bertz CT molecular complexity index is 1240. The minimum Gasteiger partial charge on any atom is -0.369 e. The second-order valence-electron chi connectivity index (χ2n) is 9.06. The lowest BCUT2D eigenvalue weighted by atomic mass is 9.95. The fourth-order valence-electron chi connectivity index (χ4n) is 3.88. The molecular formula is C24H26BrFN4O. The Hall–Kier alpha value is -2.54. The molecular weight excluding hydrogens is 459 g/mol. The number of hydrogen-bond acceptors (Lipinski definition) is 4. The molecule has 0 spiro atoms. The molecule has 0 bridgehead atoms. The van der Waals surface area contributed by atoms with Crippen LogP contribution in [0.5, 0.6) is 0 Å². The first-order valence-corrected chi connectivity index (χ1v) is 11.3. The van der Waals surface area contributed by atoms with Gasteiger partial charge in [-0.2, -0.15) is 9.78 Å². The van der Waals surface area contributed by atoms with E-state index in [2.05, 4.69) is 25.9 Å². The molecule has 7 heteroatoms. The van der Waals surface area contributed by atoms with Crippen molar-refractivity contribution in [3.8, 4) is 0 Å². The summed E-state index contributed by atoms with van der Waals surface area (Å²) in [7, 11) is 0. The van der Waals surface area contributed by atoms with Gasteiger partial charge in [-0.15, -0.1) is 0 Å². The molecule has 3 aromatic rings. The third-order valence-corrected chi connectivity index (χ3v) is 6.07. The molecule has 1 saturated heterocycles. The number of hydrogen-bond donors (Lipinski definition) is 0. The zero-order valence-corrected chi connectivity index (χ0v) is 19.8. The van der Waals surface area contributed by atoms with Crippen molar-refractivity contribution >= 4 is 38.7 Å². The van der Waals surface area contributed by atoms with E-state index in [4.69, 9.17) is 4.98 Å². The summed E-state index contributed by atoms with van der Waals surface area (Å²) in [5.41, 5.74) is 2.16. The predicted molar refractivity (Wildman–Crippen MR) is 128 cm³/mol. The van der Waals surface area contributed by atoms with E-state index in [1.54, 1.807) is 12.3 Å². The normalized spacial score (nSPS) is 14.8. The number of rotatable bonds is 3. The SMILES string of the molecule is Cc1cc(N2CCCC2)c(F)cc1C=Nn1c(C(C)(C)C)nc2ccc(Br)cc2c1=O. The van der Waals surface area contributed by atoms with Gasteiger partial charge in [0.15, 0.2) is 0 Å². The van der Waals surface area contributed by atoms with Crippen LogP contribution < -0.4 is 10.5 Å². The lowest BCUT2D eigenvalue weighted by Gasteiger charge is -2.21. The standard InChI is InChI=1S/C24H26BrFN4O/c1-15-11-21(29-9-5-6-10-29)19(26)12-16(15)14-27-30-22(31)18-13-17(25)7-8-20(18)28-23(30)24(2,3)4/h7-8,11-14H,5-6,9-10H2,1-4H3. The smallest absolute Gasteiger partial charge is 0.282 e. The van der Waals surface area contributed by atoms with Crippen LogP contribution in [0.1, 0.15) is 50.6 Å². The molecule has 1 aliphatic rings. The number of nitrogens with zero attached hydrogens (tertiary/aromatic N) is 4. The van der Waals surface area contributed by atoms with E-state index < -0.39 is 5.41 Å². The van der Waals surface area contributed by atoms with Gasteiger partial charge in [0.1, 0.15) is 11.6 Å². The Morgan fingerprint density at radius 1 is 1.16 bits per heavy atom. The maximum absolute atomic E-state index is 14.8. The zero-order chi connectivity index (χ0) is 22.3. The second kappa shape index (κ2) is 8.19. The van der Waals surface area contributed by atoms with Gasteiger partial charge in [-0.05, 0) is 55.7 Å². The predicted octanol–water partition coefficient (Wildman–Crippen LogP) is 5.39. The number of halogens is 2. The average molecular weight is 485 g/mol. The Morgan fingerprint density at radius 2 is 1.87 bits per heavy atom. The highest BCUT2D eigenvalue weighted by Gasteiger charge is 2.23. The monoisotopic (exact) mass is 484 g/mol. The summed E-state index contributed by atoms with van der Waals surface area (Å²) in [6.07, 6.45) is 3.73. The van der Waals surface area contributed by atoms with E-state index in [9.17, 15) is 9.18 Å². The van der Waals surface area contributed by atoms with Crippen LogP contribution in [0, 0.1) is 12.7 Å². The maximum Gasteiger partial charge on any atom is 0.282 e. The molecule has 162 valence electrons. The number of aromatic nitrogens is 2. The van der Waals surface area contributed by atoms with Crippen LogP contribution in [0.25, 0.3) is 10.9 Å². The van der Waals surface area contributed by atoms with Crippen LogP contribution in [-0.2, 0) is 5.41 Å². The van der Waals surface area contributed by atoms with Crippen molar-refractivity contribution in [2.45, 2.75) is 46.0 Å². The van der Waals surface area contributed by atoms with E-state index in [0.29, 0.717) is 28.0 Å². The molecule has 1 fully saturated rings. The van der Waals surface area contributed by atoms with E-state index in [-0.39, 0.29) is 11.4 Å². The molecule has 0 unspecified atom stereocenters. The van der Waals surface area contributed by atoms with Gasteiger partial charge in [-0.1, -0.05) is 36.7 Å². The summed E-state index contributed by atoms with van der Waals surface area (Å²) in [4.78, 5) is 20.1. The third-order valence-electron chi connectivity index (χ3n) is 5.57. The van der Waals surface area contributed by atoms with E-state index in [1.165, 1.54) is 10.7 Å². The Kier molecular flexibility index (Phi) is 5.73. The summed E-state index contributed by atoms with van der Waals surface area (Å²) in [6.45, 7) is 9.66. The summed E-state index contributed by atoms with van der Waals surface area (Å²) >= 11 is 3.42. The number of fused-ring (bicyclic) bond motifs is 1. The summed E-state index contributed by atoms with van der Waals surface area (Å²) in [6, 6.07) is 8.80. The first-order chi connectivity index (χ1) is 14.6. The van der Waals surface area contributed by atoms with Crippen LogP contribution in [0.4, 0.5) is 10.1 Å². The van der Waals surface area contributed by atoms with E-state index >= 15 is 0 Å². The Balaban J connectivity index is 1.81. The molecule has 0 aliphatic carbocycles. The third kappa shape index (κ3) is 4.28. The van der Waals surface area contributed by atoms with Crippen LogP contribution >= 0.6 is 15.9 Å². The van der Waals surface area contributed by atoms with Crippen molar-refractivity contribution in [1.29, 1.82) is 0 Å². The molecule has 4 rings (SSSR count). The molecule has 31 heavy (non-hydrogen) atoms. The maximum atomic E-state index is 14.8. The topological polar surface area (TPSA) is 50.5 Å². The van der Waals surface area contributed by atoms with Gasteiger partial charge in [0.05, 0.1) is 22.8 Å². The van der Waals surface area contributed by atoms with Gasteiger partial charge in [0.25, 0.3) is 5.56 Å². The van der Waals surface area contributed by atoms with Crippen molar-refractivity contribution in [3.05, 3.63) is 67.9 Å². The minimum atomic E-state index is -0.405. The molecule has 0 N–H and O–H groups in total. The van der Waals surface area contributed by atoms with Gasteiger partial charge in [0, 0.05) is 28.5 Å². The van der Waals surface area contributed by atoms with Crippen LogP contribution in [-0.4, -0.2) is 29.0 Å². The van der Waals surface area contributed by atoms with E-state index in [1.807, 2.05) is 45.9 Å². The first kappa shape index (κ1) is 21.7. The molecule has 5 nitrogen and oxygen atoms in total. The van der Waals surface area contributed by atoms with Gasteiger partial charge in [-0.3, -0.25) is 4.79 Å². The molecule has 1 aliphatic heterocycles. The molecule has 0 radical (unpaired) electrons. The largest absolute Gasteiger partial charge is 0.369 e. The highest BCUT2D eigenvalue weighted by atomic mass is 79.9.